The monoisotopic (exact) mass is 486 g/mol. The summed E-state index contributed by atoms with van der Waals surface area (Å²) in [4.78, 5) is 0. The van der Waals surface area contributed by atoms with Crippen LogP contribution in [0.4, 0.5) is 17.6 Å². The van der Waals surface area contributed by atoms with Gasteiger partial charge >= 0.3 is 0 Å². The summed E-state index contributed by atoms with van der Waals surface area (Å²) >= 11 is 0. The molecule has 1 aliphatic carbocycles. The SMILES string of the molecule is CCOCc1ccc(-c2ccc(OCc3ccc(C4CCC(C)CC4)c(F)c3F)cc2)c(F)c1F. The van der Waals surface area contributed by atoms with Crippen molar-refractivity contribution in [1.82, 2.24) is 0 Å². The minimum absolute atomic E-state index is 0.00427. The van der Waals surface area contributed by atoms with Crippen molar-refractivity contribution in [2.45, 2.75) is 58.7 Å². The Morgan fingerprint density at radius 1 is 0.714 bits per heavy atom. The predicted molar refractivity (Wildman–Crippen MR) is 128 cm³/mol. The summed E-state index contributed by atoms with van der Waals surface area (Å²) in [6, 6.07) is 12.6. The molecule has 0 unspecified atom stereocenters. The fourth-order valence-electron chi connectivity index (χ4n) is 4.63. The van der Waals surface area contributed by atoms with Gasteiger partial charge in [0, 0.05) is 23.3 Å². The molecule has 0 aromatic heterocycles. The Hall–Kier alpha value is -2.86. The van der Waals surface area contributed by atoms with Crippen LogP contribution < -0.4 is 4.74 Å². The lowest BCUT2D eigenvalue weighted by atomic mass is 9.79. The van der Waals surface area contributed by atoms with Gasteiger partial charge in [-0.15, -0.1) is 0 Å². The van der Waals surface area contributed by atoms with Gasteiger partial charge in [0.2, 0.25) is 0 Å². The second-order valence-corrected chi connectivity index (χ2v) is 9.25. The smallest absolute Gasteiger partial charge is 0.167 e. The molecule has 3 aromatic carbocycles. The minimum atomic E-state index is -0.944. The number of hydrogen-bond donors (Lipinski definition) is 0. The Kier molecular flexibility index (Phi) is 8.11. The van der Waals surface area contributed by atoms with E-state index < -0.39 is 23.3 Å². The number of halogens is 4. The van der Waals surface area contributed by atoms with E-state index in [1.54, 1.807) is 43.3 Å². The van der Waals surface area contributed by atoms with Crippen molar-refractivity contribution in [2.24, 2.45) is 5.92 Å². The summed E-state index contributed by atoms with van der Waals surface area (Å²) in [5.74, 6) is -2.43. The second kappa shape index (κ2) is 11.3. The molecular weight excluding hydrogens is 456 g/mol. The minimum Gasteiger partial charge on any atom is -0.489 e. The van der Waals surface area contributed by atoms with Gasteiger partial charge in [0.1, 0.15) is 12.4 Å². The van der Waals surface area contributed by atoms with Gasteiger partial charge in [-0.05, 0) is 54.9 Å². The molecule has 0 atom stereocenters. The number of hydrogen-bond acceptors (Lipinski definition) is 2. The lowest BCUT2D eigenvalue weighted by Crippen LogP contribution is -2.13. The summed E-state index contributed by atoms with van der Waals surface area (Å²) in [6.45, 7) is 4.24. The molecule has 0 N–H and O–H groups in total. The quantitative estimate of drug-likeness (QED) is 0.298. The molecule has 0 amide bonds. The first kappa shape index (κ1) is 25.2. The summed E-state index contributed by atoms with van der Waals surface area (Å²) < 4.78 is 69.2. The molecule has 0 heterocycles. The first-order valence-corrected chi connectivity index (χ1v) is 12.1. The van der Waals surface area contributed by atoms with Gasteiger partial charge in [0.15, 0.2) is 23.3 Å². The zero-order valence-corrected chi connectivity index (χ0v) is 20.1. The van der Waals surface area contributed by atoms with Crippen molar-refractivity contribution in [1.29, 1.82) is 0 Å². The molecule has 0 spiro atoms. The molecule has 35 heavy (non-hydrogen) atoms. The second-order valence-electron chi connectivity index (χ2n) is 9.25. The number of rotatable bonds is 8. The van der Waals surface area contributed by atoms with Crippen LogP contribution in [0.2, 0.25) is 0 Å². The molecule has 6 heteroatoms. The van der Waals surface area contributed by atoms with Crippen LogP contribution in [-0.4, -0.2) is 6.61 Å². The first-order chi connectivity index (χ1) is 16.9. The molecule has 1 aliphatic rings. The van der Waals surface area contributed by atoms with Crippen molar-refractivity contribution < 1.29 is 27.0 Å². The fraction of sp³-hybridized carbons (Fsp3) is 0.379. The molecule has 0 radical (unpaired) electrons. The van der Waals surface area contributed by atoms with Crippen molar-refractivity contribution in [3.8, 4) is 16.9 Å². The average Bonchev–Trinajstić information content (AvgIpc) is 2.87. The van der Waals surface area contributed by atoms with Crippen molar-refractivity contribution in [3.05, 3.63) is 88.5 Å². The Labute approximate surface area is 203 Å². The maximum atomic E-state index is 14.8. The first-order valence-electron chi connectivity index (χ1n) is 12.1. The third-order valence-electron chi connectivity index (χ3n) is 6.83. The predicted octanol–water partition coefficient (Wildman–Crippen LogP) is 8.32. The standard InChI is InChI=1S/C29H30F4O2/c1-3-34-16-21-10-14-25(28(32)26(21)30)20-8-12-23(13-9-20)35-17-22-11-15-24(29(33)27(22)31)19-6-4-18(2)5-7-19/h8-15,18-19H,3-7,16-17H2,1-2H3. The van der Waals surface area contributed by atoms with Gasteiger partial charge < -0.3 is 9.47 Å². The van der Waals surface area contributed by atoms with Crippen LogP contribution in [0, 0.1) is 29.2 Å². The van der Waals surface area contributed by atoms with E-state index >= 15 is 0 Å². The lowest BCUT2D eigenvalue weighted by Gasteiger charge is -2.27. The lowest BCUT2D eigenvalue weighted by molar-refractivity contribution is 0.131. The van der Waals surface area contributed by atoms with Gasteiger partial charge in [-0.3, -0.25) is 0 Å². The van der Waals surface area contributed by atoms with Gasteiger partial charge in [-0.1, -0.05) is 56.2 Å². The fourth-order valence-corrected chi connectivity index (χ4v) is 4.63. The molecule has 0 bridgehead atoms. The third kappa shape index (κ3) is 5.69. The largest absolute Gasteiger partial charge is 0.489 e. The molecular formula is C29H30F4O2. The zero-order chi connectivity index (χ0) is 24.9. The number of ether oxygens (including phenoxy) is 2. The average molecular weight is 487 g/mol. The molecule has 0 saturated heterocycles. The van der Waals surface area contributed by atoms with E-state index in [2.05, 4.69) is 6.92 Å². The van der Waals surface area contributed by atoms with E-state index in [4.69, 9.17) is 9.47 Å². The van der Waals surface area contributed by atoms with Gasteiger partial charge in [0.25, 0.3) is 0 Å². The summed E-state index contributed by atoms with van der Waals surface area (Å²) in [5.41, 5.74) is 1.34. The van der Waals surface area contributed by atoms with E-state index in [1.807, 2.05) is 0 Å². The van der Waals surface area contributed by atoms with Crippen LogP contribution in [0.15, 0.2) is 48.5 Å². The van der Waals surface area contributed by atoms with E-state index in [0.29, 0.717) is 29.4 Å². The molecule has 4 rings (SSSR count). The van der Waals surface area contributed by atoms with Crippen molar-refractivity contribution in [2.75, 3.05) is 6.61 Å². The van der Waals surface area contributed by atoms with E-state index in [1.165, 1.54) is 12.1 Å². The Morgan fingerprint density at radius 2 is 1.34 bits per heavy atom. The van der Waals surface area contributed by atoms with Gasteiger partial charge in [0.05, 0.1) is 6.61 Å². The van der Waals surface area contributed by atoms with E-state index in [-0.39, 0.29) is 35.8 Å². The molecule has 1 fully saturated rings. The van der Waals surface area contributed by atoms with E-state index in [9.17, 15) is 17.6 Å². The summed E-state index contributed by atoms with van der Waals surface area (Å²) in [5, 5.41) is 0. The highest BCUT2D eigenvalue weighted by Crippen LogP contribution is 2.37. The Bertz CT molecular complexity index is 1150. The molecule has 0 aliphatic heterocycles. The summed E-state index contributed by atoms with van der Waals surface area (Å²) in [7, 11) is 0. The van der Waals surface area contributed by atoms with Crippen LogP contribution in [0.1, 0.15) is 62.1 Å². The molecule has 2 nitrogen and oxygen atoms in total. The normalized spacial score (nSPS) is 18.0. The zero-order valence-electron chi connectivity index (χ0n) is 20.1. The summed E-state index contributed by atoms with van der Waals surface area (Å²) in [6.07, 6.45) is 3.81. The van der Waals surface area contributed by atoms with Gasteiger partial charge in [-0.2, -0.15) is 0 Å². The Morgan fingerprint density at radius 3 is 2.03 bits per heavy atom. The third-order valence-corrected chi connectivity index (χ3v) is 6.83. The Balaban J connectivity index is 1.43. The van der Waals surface area contributed by atoms with Crippen LogP contribution in [0.25, 0.3) is 11.1 Å². The topological polar surface area (TPSA) is 18.5 Å². The van der Waals surface area contributed by atoms with Crippen LogP contribution in [0.3, 0.4) is 0 Å². The highest BCUT2D eigenvalue weighted by atomic mass is 19.2. The molecule has 1 saturated carbocycles. The van der Waals surface area contributed by atoms with E-state index in [0.717, 1.165) is 25.7 Å². The van der Waals surface area contributed by atoms with Crippen molar-refractivity contribution in [3.63, 3.8) is 0 Å². The maximum absolute atomic E-state index is 14.8. The van der Waals surface area contributed by atoms with Crippen molar-refractivity contribution >= 4 is 0 Å². The van der Waals surface area contributed by atoms with Crippen LogP contribution in [0.5, 0.6) is 5.75 Å². The number of benzene rings is 3. The maximum Gasteiger partial charge on any atom is 0.167 e. The van der Waals surface area contributed by atoms with Crippen LogP contribution in [-0.2, 0) is 18.0 Å². The van der Waals surface area contributed by atoms with Gasteiger partial charge in [-0.25, -0.2) is 17.6 Å². The molecule has 3 aromatic rings. The highest BCUT2D eigenvalue weighted by molar-refractivity contribution is 5.65. The van der Waals surface area contributed by atoms with Crippen LogP contribution >= 0.6 is 0 Å². The molecule has 186 valence electrons. The highest BCUT2D eigenvalue weighted by Gasteiger charge is 2.25.